The molecule has 4 heteroatoms. The lowest BCUT2D eigenvalue weighted by Crippen LogP contribution is -2.34. The van der Waals surface area contributed by atoms with Gasteiger partial charge in [-0.05, 0) is 43.7 Å². The van der Waals surface area contributed by atoms with Gasteiger partial charge in [-0.2, -0.15) is 0 Å². The quantitative estimate of drug-likeness (QED) is 0.861. The summed E-state index contributed by atoms with van der Waals surface area (Å²) in [4.78, 5) is 7.18. The molecule has 1 aromatic heterocycles. The Labute approximate surface area is 120 Å². The van der Waals surface area contributed by atoms with Crippen LogP contribution in [0.5, 0.6) is 0 Å². The van der Waals surface area contributed by atoms with E-state index in [0.29, 0.717) is 11.0 Å². The third kappa shape index (κ3) is 2.59. The van der Waals surface area contributed by atoms with Crippen molar-refractivity contribution in [3.05, 3.63) is 24.0 Å². The van der Waals surface area contributed by atoms with Crippen LogP contribution in [0.4, 0.5) is 5.69 Å². The predicted octanol–water partition coefficient (Wildman–Crippen LogP) is 2.87. The highest BCUT2D eigenvalue weighted by Crippen LogP contribution is 2.37. The van der Waals surface area contributed by atoms with E-state index in [1.807, 2.05) is 6.20 Å². The van der Waals surface area contributed by atoms with Crippen LogP contribution < -0.4 is 10.6 Å². The zero-order valence-electron chi connectivity index (χ0n) is 11.2. The molecule has 0 amide bonds. The lowest BCUT2D eigenvalue weighted by molar-refractivity contribution is 0.431. The summed E-state index contributed by atoms with van der Waals surface area (Å²) < 4.78 is 0. The fourth-order valence-corrected chi connectivity index (χ4v) is 3.79. The van der Waals surface area contributed by atoms with Crippen molar-refractivity contribution in [1.82, 2.24) is 4.98 Å². The van der Waals surface area contributed by atoms with Crippen LogP contribution >= 0.6 is 12.2 Å². The van der Waals surface area contributed by atoms with Gasteiger partial charge in [0.05, 0.1) is 5.69 Å². The highest BCUT2D eigenvalue weighted by atomic mass is 32.1. The fourth-order valence-electron chi connectivity index (χ4n) is 3.68. The average molecular weight is 275 g/mol. The van der Waals surface area contributed by atoms with Gasteiger partial charge in [0.15, 0.2) is 0 Å². The first-order valence-corrected chi connectivity index (χ1v) is 7.69. The summed E-state index contributed by atoms with van der Waals surface area (Å²) in [6, 6.07) is 4.86. The third-order valence-electron chi connectivity index (χ3n) is 4.57. The largest absolute Gasteiger partial charge is 0.388 e. The minimum atomic E-state index is 0.387. The van der Waals surface area contributed by atoms with Crippen molar-refractivity contribution in [2.75, 3.05) is 11.4 Å². The van der Waals surface area contributed by atoms with Crippen molar-refractivity contribution < 1.29 is 0 Å². The fraction of sp³-hybridized carbons (Fsp3) is 0.600. The Kier molecular flexibility index (Phi) is 3.69. The van der Waals surface area contributed by atoms with Gasteiger partial charge in [-0.3, -0.25) is 4.98 Å². The van der Waals surface area contributed by atoms with Crippen molar-refractivity contribution in [2.24, 2.45) is 11.7 Å². The number of nitrogens with zero attached hydrogens (tertiary/aromatic N) is 2. The minimum absolute atomic E-state index is 0.387. The smallest absolute Gasteiger partial charge is 0.122 e. The molecule has 1 aromatic rings. The highest BCUT2D eigenvalue weighted by molar-refractivity contribution is 7.80. The molecular formula is C15H21N3S. The lowest BCUT2D eigenvalue weighted by Gasteiger charge is -2.31. The Morgan fingerprint density at radius 3 is 2.79 bits per heavy atom. The first kappa shape index (κ1) is 12.9. The van der Waals surface area contributed by atoms with E-state index in [9.17, 15) is 0 Å². The number of anilines is 1. The first-order chi connectivity index (χ1) is 9.25. The minimum Gasteiger partial charge on any atom is -0.388 e. The van der Waals surface area contributed by atoms with Gasteiger partial charge in [0.2, 0.25) is 0 Å². The molecule has 1 atom stereocenters. The van der Waals surface area contributed by atoms with Gasteiger partial charge in [0, 0.05) is 24.5 Å². The summed E-state index contributed by atoms with van der Waals surface area (Å²) in [5, 5.41) is 0. The van der Waals surface area contributed by atoms with Crippen LogP contribution in [0.3, 0.4) is 0 Å². The van der Waals surface area contributed by atoms with E-state index in [4.69, 9.17) is 18.0 Å². The monoisotopic (exact) mass is 275 g/mol. The number of thiocarbonyl (C=S) groups is 1. The number of aromatic nitrogens is 1. The number of hydrogen-bond acceptors (Lipinski definition) is 3. The van der Waals surface area contributed by atoms with Crippen LogP contribution in [0.2, 0.25) is 0 Å². The van der Waals surface area contributed by atoms with Gasteiger partial charge in [0.1, 0.15) is 4.99 Å². The Balaban J connectivity index is 1.83. The summed E-state index contributed by atoms with van der Waals surface area (Å²) in [5.74, 6) is 0.879. The zero-order valence-corrected chi connectivity index (χ0v) is 12.0. The Morgan fingerprint density at radius 1 is 1.26 bits per heavy atom. The van der Waals surface area contributed by atoms with E-state index >= 15 is 0 Å². The Bertz CT molecular complexity index is 468. The average Bonchev–Trinajstić information content (AvgIpc) is 3.09. The van der Waals surface area contributed by atoms with Crippen LogP contribution in [-0.4, -0.2) is 22.6 Å². The SMILES string of the molecule is NC(=S)c1cc(N2CCCC2C2CCCC2)ccn1. The van der Waals surface area contributed by atoms with Gasteiger partial charge in [-0.15, -0.1) is 0 Å². The Hall–Kier alpha value is -1.16. The molecule has 0 bridgehead atoms. The standard InChI is InChI=1S/C15H21N3S/c16-15(19)13-10-12(7-8-17-13)18-9-3-6-14(18)11-4-1-2-5-11/h7-8,10-11,14H,1-6,9H2,(H2,16,19). The van der Waals surface area contributed by atoms with E-state index in [2.05, 4.69) is 22.0 Å². The number of nitrogens with two attached hydrogens (primary N) is 1. The van der Waals surface area contributed by atoms with Gasteiger partial charge < -0.3 is 10.6 Å². The number of pyridine rings is 1. The maximum absolute atomic E-state index is 5.69. The summed E-state index contributed by atoms with van der Waals surface area (Å²) in [6.45, 7) is 1.15. The first-order valence-electron chi connectivity index (χ1n) is 7.28. The Morgan fingerprint density at radius 2 is 2.05 bits per heavy atom. The van der Waals surface area contributed by atoms with E-state index < -0.39 is 0 Å². The van der Waals surface area contributed by atoms with Crippen molar-refractivity contribution in [2.45, 2.75) is 44.6 Å². The van der Waals surface area contributed by atoms with Gasteiger partial charge in [0.25, 0.3) is 0 Å². The van der Waals surface area contributed by atoms with Crippen LogP contribution in [0.1, 0.15) is 44.2 Å². The normalized spacial score (nSPS) is 24.0. The van der Waals surface area contributed by atoms with Crippen LogP contribution in [0, 0.1) is 5.92 Å². The lowest BCUT2D eigenvalue weighted by atomic mass is 9.96. The topological polar surface area (TPSA) is 42.1 Å². The van der Waals surface area contributed by atoms with E-state index in [1.54, 1.807) is 0 Å². The molecule has 2 aliphatic rings. The molecule has 1 saturated carbocycles. The summed E-state index contributed by atoms with van der Waals surface area (Å²) in [7, 11) is 0. The molecule has 1 saturated heterocycles. The predicted molar refractivity (Wildman–Crippen MR) is 82.5 cm³/mol. The van der Waals surface area contributed by atoms with E-state index in [0.717, 1.165) is 18.2 Å². The summed E-state index contributed by atoms with van der Waals surface area (Å²) >= 11 is 5.03. The molecule has 1 aliphatic heterocycles. The molecule has 102 valence electrons. The van der Waals surface area contributed by atoms with Crippen LogP contribution in [0.25, 0.3) is 0 Å². The second kappa shape index (κ2) is 5.45. The van der Waals surface area contributed by atoms with Crippen molar-refractivity contribution in [1.29, 1.82) is 0 Å². The van der Waals surface area contributed by atoms with Gasteiger partial charge in [-0.1, -0.05) is 25.1 Å². The number of hydrogen-bond donors (Lipinski definition) is 1. The molecule has 1 aliphatic carbocycles. The van der Waals surface area contributed by atoms with Crippen molar-refractivity contribution in [3.63, 3.8) is 0 Å². The molecule has 1 unspecified atom stereocenters. The van der Waals surface area contributed by atoms with Crippen LogP contribution in [-0.2, 0) is 0 Å². The molecule has 2 N–H and O–H groups in total. The van der Waals surface area contributed by atoms with Crippen molar-refractivity contribution >= 4 is 22.9 Å². The number of rotatable bonds is 3. The van der Waals surface area contributed by atoms with E-state index in [1.165, 1.54) is 44.2 Å². The zero-order chi connectivity index (χ0) is 13.2. The molecule has 19 heavy (non-hydrogen) atoms. The third-order valence-corrected chi connectivity index (χ3v) is 4.78. The molecule has 0 spiro atoms. The molecular weight excluding hydrogens is 254 g/mol. The molecule has 0 aromatic carbocycles. The van der Waals surface area contributed by atoms with E-state index in [-0.39, 0.29) is 0 Å². The molecule has 2 heterocycles. The second-order valence-corrected chi connectivity index (χ2v) is 6.15. The molecule has 3 rings (SSSR count). The second-order valence-electron chi connectivity index (χ2n) is 5.71. The molecule has 2 fully saturated rings. The van der Waals surface area contributed by atoms with Crippen molar-refractivity contribution in [3.8, 4) is 0 Å². The van der Waals surface area contributed by atoms with Gasteiger partial charge in [-0.25, -0.2) is 0 Å². The maximum atomic E-state index is 5.69. The maximum Gasteiger partial charge on any atom is 0.122 e. The summed E-state index contributed by atoms with van der Waals surface area (Å²) in [6.07, 6.45) is 10.1. The highest BCUT2D eigenvalue weighted by Gasteiger charge is 2.33. The molecule has 0 radical (unpaired) electrons. The summed E-state index contributed by atoms with van der Waals surface area (Å²) in [5.41, 5.74) is 7.67. The molecule has 3 nitrogen and oxygen atoms in total. The van der Waals surface area contributed by atoms with Gasteiger partial charge >= 0.3 is 0 Å². The van der Waals surface area contributed by atoms with Crippen LogP contribution in [0.15, 0.2) is 18.3 Å².